The van der Waals surface area contributed by atoms with E-state index in [0.29, 0.717) is 5.56 Å². The molecule has 12 heteroatoms. The maximum absolute atomic E-state index is 13.0. The minimum atomic E-state index is -4.84. The van der Waals surface area contributed by atoms with Gasteiger partial charge in [0.15, 0.2) is 0 Å². The molecule has 1 amide bonds. The van der Waals surface area contributed by atoms with Crippen LogP contribution in [0.2, 0.25) is 0 Å². The summed E-state index contributed by atoms with van der Waals surface area (Å²) in [6.45, 7) is 3.83. The third-order valence-corrected chi connectivity index (χ3v) is 4.82. The summed E-state index contributed by atoms with van der Waals surface area (Å²) in [4.78, 5) is 28.9. The van der Waals surface area contributed by atoms with Crippen LogP contribution in [0.25, 0.3) is 5.69 Å². The molecule has 0 radical (unpaired) electrons. The molecular formula is C22H23F3N4O5. The van der Waals surface area contributed by atoms with Gasteiger partial charge in [-0.1, -0.05) is 13.3 Å². The lowest BCUT2D eigenvalue weighted by Crippen LogP contribution is -2.24. The second kappa shape index (κ2) is 10.3. The number of hydrogen-bond donors (Lipinski definition) is 2. The van der Waals surface area contributed by atoms with Gasteiger partial charge < -0.3 is 14.6 Å². The Morgan fingerprint density at radius 2 is 1.91 bits per heavy atom. The van der Waals surface area contributed by atoms with E-state index >= 15 is 0 Å². The summed E-state index contributed by atoms with van der Waals surface area (Å²) in [7, 11) is 0. The number of carbonyl (C=O) groups excluding carboxylic acids is 1. The van der Waals surface area contributed by atoms with Crippen LogP contribution in [0.3, 0.4) is 0 Å². The second-order valence-corrected chi connectivity index (χ2v) is 7.32. The van der Waals surface area contributed by atoms with Gasteiger partial charge in [0.05, 0.1) is 24.5 Å². The van der Waals surface area contributed by atoms with E-state index in [9.17, 15) is 27.9 Å². The number of carbonyl (C=O) groups is 1. The first-order valence-electron chi connectivity index (χ1n) is 10.3. The van der Waals surface area contributed by atoms with E-state index in [1.807, 2.05) is 6.92 Å². The van der Waals surface area contributed by atoms with Gasteiger partial charge in [-0.05, 0) is 55.3 Å². The first-order chi connectivity index (χ1) is 16.1. The number of aromatic nitrogens is 3. The molecule has 9 nitrogen and oxygen atoms in total. The number of nitrogens with zero attached hydrogens (tertiary/aromatic N) is 3. The number of rotatable bonds is 8. The molecule has 3 rings (SSSR count). The Morgan fingerprint density at radius 3 is 2.56 bits per heavy atom. The summed E-state index contributed by atoms with van der Waals surface area (Å²) in [6, 6.07) is 7.74. The lowest BCUT2D eigenvalue weighted by molar-refractivity contribution is -0.274. The van der Waals surface area contributed by atoms with E-state index in [2.05, 4.69) is 15.0 Å². The fourth-order valence-corrected chi connectivity index (χ4v) is 3.13. The maximum atomic E-state index is 13.0. The van der Waals surface area contributed by atoms with Crippen LogP contribution in [-0.4, -0.2) is 38.3 Å². The topological polar surface area (TPSA) is 108 Å². The van der Waals surface area contributed by atoms with Crippen molar-refractivity contribution < 1.29 is 32.5 Å². The first-order valence-corrected chi connectivity index (χ1v) is 10.3. The lowest BCUT2D eigenvalue weighted by atomic mass is 10.2. The molecule has 2 N–H and O–H groups in total. The summed E-state index contributed by atoms with van der Waals surface area (Å²) < 4.78 is 48.2. The molecule has 0 aliphatic rings. The van der Waals surface area contributed by atoms with Gasteiger partial charge in [0.2, 0.25) is 5.88 Å². The normalized spacial score (nSPS) is 11.3. The van der Waals surface area contributed by atoms with E-state index < -0.39 is 23.9 Å². The number of pyridine rings is 1. The quantitative estimate of drug-likeness (QED) is 0.465. The van der Waals surface area contributed by atoms with Crippen LogP contribution in [0.1, 0.15) is 31.0 Å². The molecule has 0 bridgehead atoms. The van der Waals surface area contributed by atoms with Gasteiger partial charge in [0.25, 0.3) is 0 Å². The van der Waals surface area contributed by atoms with E-state index in [0.717, 1.165) is 29.5 Å². The monoisotopic (exact) mass is 480 g/mol. The van der Waals surface area contributed by atoms with Crippen LogP contribution in [0.5, 0.6) is 11.6 Å². The number of halogens is 3. The number of benzene rings is 1. The average molecular weight is 480 g/mol. The van der Waals surface area contributed by atoms with Crippen LogP contribution in [-0.2, 0) is 11.3 Å². The van der Waals surface area contributed by atoms with Crippen LogP contribution in [0.15, 0.2) is 47.4 Å². The highest BCUT2D eigenvalue weighted by Crippen LogP contribution is 2.26. The molecule has 0 unspecified atom stereocenters. The molecule has 0 atom stereocenters. The molecular weight excluding hydrogens is 457 g/mol. The molecule has 0 aliphatic carbocycles. The third kappa shape index (κ3) is 6.09. The summed E-state index contributed by atoms with van der Waals surface area (Å²) in [5.41, 5.74) is 0.400. The number of alkyl halides is 3. The average Bonchev–Trinajstić information content (AvgIpc) is 2.97. The molecule has 0 spiro atoms. The van der Waals surface area contributed by atoms with Crippen LogP contribution >= 0.6 is 0 Å². The largest absolute Gasteiger partial charge is 0.573 e. The van der Waals surface area contributed by atoms with Gasteiger partial charge in [-0.25, -0.2) is 19.1 Å². The van der Waals surface area contributed by atoms with E-state index in [4.69, 9.17) is 4.74 Å². The maximum Gasteiger partial charge on any atom is 0.573 e. The summed E-state index contributed by atoms with van der Waals surface area (Å²) >= 11 is 0. The molecule has 2 aromatic heterocycles. The third-order valence-electron chi connectivity index (χ3n) is 4.82. The van der Waals surface area contributed by atoms with Gasteiger partial charge in [0.1, 0.15) is 11.6 Å². The lowest BCUT2D eigenvalue weighted by Gasteiger charge is -2.09. The van der Waals surface area contributed by atoms with Gasteiger partial charge in [-0.3, -0.25) is 9.88 Å². The number of anilines is 1. The SMILES string of the molecule is CCCCOC(=O)Nc1cc(Cn2c(C)c(O)n(-c3ccc(OC(F)(F)F)cc3)c2=O)ccn1. The zero-order valence-electron chi connectivity index (χ0n) is 18.4. The Labute approximate surface area is 192 Å². The Hall–Kier alpha value is -3.96. The highest BCUT2D eigenvalue weighted by molar-refractivity contribution is 5.83. The number of unbranched alkanes of at least 4 members (excludes halogenated alkanes) is 1. The number of imidazole rings is 1. The molecule has 0 fully saturated rings. The smallest absolute Gasteiger partial charge is 0.493 e. The highest BCUT2D eigenvalue weighted by atomic mass is 19.4. The van der Waals surface area contributed by atoms with Gasteiger partial charge in [0, 0.05) is 6.20 Å². The molecule has 1 aromatic carbocycles. The molecule has 182 valence electrons. The zero-order chi connectivity index (χ0) is 24.9. The van der Waals surface area contributed by atoms with E-state index in [-0.39, 0.29) is 36.2 Å². The Kier molecular flexibility index (Phi) is 7.49. The minimum Gasteiger partial charge on any atom is -0.493 e. The van der Waals surface area contributed by atoms with Crippen molar-refractivity contribution in [2.24, 2.45) is 0 Å². The number of hydrogen-bond acceptors (Lipinski definition) is 6. The van der Waals surface area contributed by atoms with Crippen LogP contribution in [0, 0.1) is 6.92 Å². The standard InChI is InChI=1S/C22H23F3N4O5/c1-3-4-11-33-20(31)27-18-12-15(9-10-26-18)13-28-14(2)19(30)29(21(28)32)16-5-7-17(8-6-16)34-22(23,24)25/h5-10,12,30H,3-4,11,13H2,1-2H3,(H,26,27,31). The van der Waals surface area contributed by atoms with Gasteiger partial charge in [-0.15, -0.1) is 13.2 Å². The molecule has 2 heterocycles. The fourth-order valence-electron chi connectivity index (χ4n) is 3.13. The minimum absolute atomic E-state index is 0.0442. The van der Waals surface area contributed by atoms with Gasteiger partial charge >= 0.3 is 18.1 Å². The van der Waals surface area contributed by atoms with Crippen molar-refractivity contribution in [2.45, 2.75) is 39.6 Å². The van der Waals surface area contributed by atoms with Crippen molar-refractivity contribution in [1.82, 2.24) is 14.1 Å². The fraction of sp³-hybridized carbons (Fsp3) is 0.318. The number of amides is 1. The summed E-state index contributed by atoms with van der Waals surface area (Å²) in [5.74, 6) is -0.583. The predicted molar refractivity (Wildman–Crippen MR) is 116 cm³/mol. The van der Waals surface area contributed by atoms with Crippen molar-refractivity contribution in [2.75, 3.05) is 11.9 Å². The van der Waals surface area contributed by atoms with Crippen molar-refractivity contribution in [3.8, 4) is 17.3 Å². The van der Waals surface area contributed by atoms with Crippen molar-refractivity contribution in [3.63, 3.8) is 0 Å². The predicted octanol–water partition coefficient (Wildman–Crippen LogP) is 4.34. The van der Waals surface area contributed by atoms with Crippen molar-refractivity contribution in [1.29, 1.82) is 0 Å². The Bertz CT molecular complexity index is 1200. The van der Waals surface area contributed by atoms with Gasteiger partial charge in [-0.2, -0.15) is 0 Å². The zero-order valence-corrected chi connectivity index (χ0v) is 18.4. The molecule has 34 heavy (non-hydrogen) atoms. The van der Waals surface area contributed by atoms with E-state index in [1.165, 1.54) is 29.8 Å². The number of nitrogens with one attached hydrogen (secondary N) is 1. The van der Waals surface area contributed by atoms with E-state index in [1.54, 1.807) is 12.1 Å². The second-order valence-electron chi connectivity index (χ2n) is 7.32. The van der Waals surface area contributed by atoms with Crippen molar-refractivity contribution in [3.05, 3.63) is 64.3 Å². The van der Waals surface area contributed by atoms with Crippen LogP contribution < -0.4 is 15.7 Å². The Balaban J connectivity index is 1.80. The van der Waals surface area contributed by atoms with Crippen molar-refractivity contribution >= 4 is 11.9 Å². The number of aromatic hydroxyl groups is 1. The Morgan fingerprint density at radius 1 is 1.21 bits per heavy atom. The molecule has 3 aromatic rings. The molecule has 0 saturated carbocycles. The summed E-state index contributed by atoms with van der Waals surface area (Å²) in [6.07, 6.45) is -2.42. The molecule has 0 saturated heterocycles. The summed E-state index contributed by atoms with van der Waals surface area (Å²) in [5, 5.41) is 13.0. The molecule has 0 aliphatic heterocycles. The van der Waals surface area contributed by atoms with Crippen LogP contribution in [0.4, 0.5) is 23.8 Å². The first kappa shape index (κ1) is 24.7. The number of ether oxygens (including phenoxy) is 2. The highest BCUT2D eigenvalue weighted by Gasteiger charge is 2.31.